The molecule has 0 aliphatic carbocycles. The maximum Gasteiger partial charge on any atom is 0.276 e. The van der Waals surface area contributed by atoms with Crippen molar-refractivity contribution in [2.45, 2.75) is 19.4 Å². The number of carbonyl (C=O) groups is 1. The molecule has 9 heteroatoms. The van der Waals surface area contributed by atoms with Gasteiger partial charge in [-0.25, -0.2) is 8.42 Å². The Kier molecular flexibility index (Phi) is 4.52. The number of sulfone groups is 1. The van der Waals surface area contributed by atoms with E-state index < -0.39 is 9.84 Å². The molecular weight excluding hydrogens is 296 g/mol. The van der Waals surface area contributed by atoms with Gasteiger partial charge in [0.15, 0.2) is 15.5 Å². The van der Waals surface area contributed by atoms with Gasteiger partial charge in [0.25, 0.3) is 5.91 Å². The molecule has 21 heavy (non-hydrogen) atoms. The second-order valence-corrected chi connectivity index (χ2v) is 7.39. The third kappa shape index (κ3) is 3.35. The van der Waals surface area contributed by atoms with E-state index in [1.807, 2.05) is 0 Å². The standard InChI is InChI=1S/C12H20N4O4S/c1-8-10(13)11(15-14-8)12(17)16(4-5-20-2)9-3-6-21(18,19)7-9/h9H,3-7,13H2,1-2H3,(H,14,15). The summed E-state index contributed by atoms with van der Waals surface area (Å²) in [6, 6.07) is -0.353. The van der Waals surface area contributed by atoms with Crippen molar-refractivity contribution in [1.82, 2.24) is 15.1 Å². The molecule has 2 heterocycles. The lowest BCUT2D eigenvalue weighted by Gasteiger charge is -2.27. The Labute approximate surface area is 123 Å². The van der Waals surface area contributed by atoms with Gasteiger partial charge in [-0.15, -0.1) is 0 Å². The maximum absolute atomic E-state index is 12.6. The number of aryl methyl sites for hydroxylation is 1. The number of nitrogens with one attached hydrogen (secondary N) is 1. The highest BCUT2D eigenvalue weighted by molar-refractivity contribution is 7.91. The summed E-state index contributed by atoms with van der Waals surface area (Å²) in [6.45, 7) is 2.35. The van der Waals surface area contributed by atoms with E-state index in [2.05, 4.69) is 10.2 Å². The first-order chi connectivity index (χ1) is 9.85. The Morgan fingerprint density at radius 1 is 1.57 bits per heavy atom. The number of anilines is 1. The van der Waals surface area contributed by atoms with E-state index in [0.29, 0.717) is 31.0 Å². The van der Waals surface area contributed by atoms with Crippen molar-refractivity contribution in [3.63, 3.8) is 0 Å². The number of carbonyl (C=O) groups excluding carboxylic acids is 1. The molecule has 1 saturated heterocycles. The molecule has 0 saturated carbocycles. The molecule has 1 aromatic rings. The van der Waals surface area contributed by atoms with Crippen LogP contribution in [0.4, 0.5) is 5.69 Å². The van der Waals surface area contributed by atoms with Crippen molar-refractivity contribution in [3.8, 4) is 0 Å². The van der Waals surface area contributed by atoms with Crippen molar-refractivity contribution in [3.05, 3.63) is 11.4 Å². The predicted octanol–water partition coefficient (Wildman–Crippen LogP) is -0.424. The lowest BCUT2D eigenvalue weighted by Crippen LogP contribution is -2.43. The summed E-state index contributed by atoms with van der Waals surface area (Å²) in [5, 5.41) is 6.58. The number of nitrogens with zero attached hydrogens (tertiary/aromatic N) is 2. The number of aromatic nitrogens is 2. The minimum Gasteiger partial charge on any atom is -0.395 e. The van der Waals surface area contributed by atoms with Crippen molar-refractivity contribution in [2.75, 3.05) is 37.5 Å². The molecule has 0 aromatic carbocycles. The van der Waals surface area contributed by atoms with Crippen molar-refractivity contribution >= 4 is 21.4 Å². The van der Waals surface area contributed by atoms with Crippen LogP contribution in [-0.4, -0.2) is 67.2 Å². The van der Waals surface area contributed by atoms with Gasteiger partial charge in [0.2, 0.25) is 0 Å². The number of methoxy groups -OCH3 is 1. The van der Waals surface area contributed by atoms with E-state index in [1.54, 1.807) is 6.92 Å². The fourth-order valence-electron chi connectivity index (χ4n) is 2.40. The van der Waals surface area contributed by atoms with E-state index in [9.17, 15) is 13.2 Å². The normalized spacial score (nSPS) is 20.6. The van der Waals surface area contributed by atoms with E-state index in [-0.39, 0.29) is 29.1 Å². The molecule has 0 radical (unpaired) electrons. The number of rotatable bonds is 5. The summed E-state index contributed by atoms with van der Waals surface area (Å²) in [6.07, 6.45) is 0.432. The number of hydrogen-bond donors (Lipinski definition) is 2. The molecule has 118 valence electrons. The van der Waals surface area contributed by atoms with E-state index >= 15 is 0 Å². The highest BCUT2D eigenvalue weighted by atomic mass is 32.2. The van der Waals surface area contributed by atoms with E-state index in [0.717, 1.165) is 0 Å². The molecule has 1 atom stereocenters. The van der Waals surface area contributed by atoms with Crippen LogP contribution in [-0.2, 0) is 14.6 Å². The zero-order valence-corrected chi connectivity index (χ0v) is 12.9. The number of aromatic amines is 1. The fourth-order valence-corrected chi connectivity index (χ4v) is 4.13. The quantitative estimate of drug-likeness (QED) is 0.761. The molecule has 0 bridgehead atoms. The van der Waals surface area contributed by atoms with E-state index in [4.69, 9.17) is 10.5 Å². The average molecular weight is 316 g/mol. The van der Waals surface area contributed by atoms with Gasteiger partial charge in [0.05, 0.1) is 29.5 Å². The van der Waals surface area contributed by atoms with Crippen molar-refractivity contribution in [1.29, 1.82) is 0 Å². The molecule has 1 aromatic heterocycles. The number of amides is 1. The third-order valence-corrected chi connectivity index (χ3v) is 5.39. The van der Waals surface area contributed by atoms with Crippen LogP contribution in [0, 0.1) is 6.92 Å². The minimum atomic E-state index is -3.08. The summed E-state index contributed by atoms with van der Waals surface area (Å²) in [5.41, 5.74) is 6.87. The lowest BCUT2D eigenvalue weighted by atomic mass is 10.2. The van der Waals surface area contributed by atoms with Crippen LogP contribution in [0.25, 0.3) is 0 Å². The SMILES string of the molecule is COCCN(C(=O)c1n[nH]c(C)c1N)C1CCS(=O)(=O)C1. The largest absolute Gasteiger partial charge is 0.395 e. The topological polar surface area (TPSA) is 118 Å². The Balaban J connectivity index is 2.23. The molecule has 0 spiro atoms. The van der Waals surface area contributed by atoms with Gasteiger partial charge in [0.1, 0.15) is 0 Å². The first kappa shape index (κ1) is 15.8. The molecule has 1 fully saturated rings. The van der Waals surface area contributed by atoms with Crippen LogP contribution in [0.15, 0.2) is 0 Å². The van der Waals surface area contributed by atoms with Gasteiger partial charge in [0, 0.05) is 19.7 Å². The lowest BCUT2D eigenvalue weighted by molar-refractivity contribution is 0.0619. The Morgan fingerprint density at radius 3 is 2.76 bits per heavy atom. The van der Waals surface area contributed by atoms with Gasteiger partial charge in [-0.3, -0.25) is 9.89 Å². The van der Waals surface area contributed by atoms with Crippen LogP contribution in [0.1, 0.15) is 22.6 Å². The third-order valence-electron chi connectivity index (χ3n) is 3.64. The Hall–Kier alpha value is -1.61. The van der Waals surface area contributed by atoms with Gasteiger partial charge >= 0.3 is 0 Å². The minimum absolute atomic E-state index is 0.0221. The number of nitrogens with two attached hydrogens (primary N) is 1. The van der Waals surface area contributed by atoms with Gasteiger partial charge in [-0.1, -0.05) is 0 Å². The molecule has 2 rings (SSSR count). The second kappa shape index (κ2) is 6.02. The molecule has 1 aliphatic rings. The smallest absolute Gasteiger partial charge is 0.276 e. The zero-order valence-electron chi connectivity index (χ0n) is 12.1. The highest BCUT2D eigenvalue weighted by Crippen LogP contribution is 2.22. The molecule has 1 aliphatic heterocycles. The molecular formula is C12H20N4O4S. The highest BCUT2D eigenvalue weighted by Gasteiger charge is 2.36. The van der Waals surface area contributed by atoms with Crippen molar-refractivity contribution < 1.29 is 17.9 Å². The summed E-state index contributed by atoms with van der Waals surface area (Å²) >= 11 is 0. The average Bonchev–Trinajstić information content (AvgIpc) is 2.94. The molecule has 1 amide bonds. The first-order valence-electron chi connectivity index (χ1n) is 6.66. The first-order valence-corrected chi connectivity index (χ1v) is 8.48. The summed E-state index contributed by atoms with van der Waals surface area (Å²) in [7, 11) is -1.55. The van der Waals surface area contributed by atoms with Gasteiger partial charge in [-0.2, -0.15) is 5.10 Å². The number of hydrogen-bond acceptors (Lipinski definition) is 6. The van der Waals surface area contributed by atoms with Crippen LogP contribution < -0.4 is 5.73 Å². The summed E-state index contributed by atoms with van der Waals surface area (Å²) < 4.78 is 28.3. The summed E-state index contributed by atoms with van der Waals surface area (Å²) in [5.74, 6) is -0.286. The fraction of sp³-hybridized carbons (Fsp3) is 0.667. The van der Waals surface area contributed by atoms with Crippen LogP contribution >= 0.6 is 0 Å². The molecule has 3 N–H and O–H groups in total. The van der Waals surface area contributed by atoms with Gasteiger partial charge < -0.3 is 15.4 Å². The number of nitrogen functional groups attached to an aromatic ring is 1. The second-order valence-electron chi connectivity index (χ2n) is 5.16. The zero-order chi connectivity index (χ0) is 15.6. The monoisotopic (exact) mass is 316 g/mol. The van der Waals surface area contributed by atoms with Gasteiger partial charge in [-0.05, 0) is 13.3 Å². The predicted molar refractivity (Wildman–Crippen MR) is 77.7 cm³/mol. The number of H-pyrrole nitrogens is 1. The maximum atomic E-state index is 12.6. The molecule has 1 unspecified atom stereocenters. The van der Waals surface area contributed by atoms with Crippen LogP contribution in [0.5, 0.6) is 0 Å². The van der Waals surface area contributed by atoms with E-state index in [1.165, 1.54) is 12.0 Å². The van der Waals surface area contributed by atoms with Crippen LogP contribution in [0.2, 0.25) is 0 Å². The number of ether oxygens (including phenoxy) is 1. The Morgan fingerprint density at radius 2 is 2.29 bits per heavy atom. The summed E-state index contributed by atoms with van der Waals surface area (Å²) in [4.78, 5) is 14.1. The Bertz CT molecular complexity index is 625. The molecule has 8 nitrogen and oxygen atoms in total. The van der Waals surface area contributed by atoms with Crippen molar-refractivity contribution in [2.24, 2.45) is 0 Å². The van der Waals surface area contributed by atoms with Crippen LogP contribution in [0.3, 0.4) is 0 Å².